The molecule has 0 amide bonds. The van der Waals surface area contributed by atoms with E-state index in [9.17, 15) is 0 Å². The van der Waals surface area contributed by atoms with Crippen LogP contribution in [0.2, 0.25) is 0 Å². The zero-order valence-corrected chi connectivity index (χ0v) is 10.1. The highest BCUT2D eigenvalue weighted by Gasteiger charge is 2.04. The van der Waals surface area contributed by atoms with E-state index in [-0.39, 0.29) is 6.61 Å². The van der Waals surface area contributed by atoms with Crippen LogP contribution in [0.1, 0.15) is 12.7 Å². The maximum atomic E-state index is 8.91. The van der Waals surface area contributed by atoms with Crippen LogP contribution in [0, 0.1) is 12.8 Å². The van der Waals surface area contributed by atoms with Crippen LogP contribution in [0.3, 0.4) is 0 Å². The average Bonchev–Trinajstić information content (AvgIpc) is 2.25. The molecule has 0 spiro atoms. The van der Waals surface area contributed by atoms with Crippen molar-refractivity contribution in [2.24, 2.45) is 5.92 Å². The van der Waals surface area contributed by atoms with Crippen molar-refractivity contribution in [3.05, 3.63) is 11.9 Å². The van der Waals surface area contributed by atoms with E-state index < -0.39 is 0 Å². The molecule has 1 aromatic heterocycles. The zero-order chi connectivity index (χ0) is 11.3. The minimum Gasteiger partial charge on any atom is -0.396 e. The molecular formula is C10H17N3OS. The first-order chi connectivity index (χ1) is 7.15. The van der Waals surface area contributed by atoms with Crippen molar-refractivity contribution < 1.29 is 5.11 Å². The molecule has 0 fully saturated rings. The van der Waals surface area contributed by atoms with Gasteiger partial charge in [-0.05, 0) is 12.8 Å². The largest absolute Gasteiger partial charge is 0.396 e. The standard InChI is InChI=1S/C10H17N3OS/c1-7(5-14)6-15-10-4-9(11-3)12-8(2)13-10/h4,7,14H,5-6H2,1-3H3,(H,11,12,13). The number of aryl methyl sites for hydroxylation is 1. The lowest BCUT2D eigenvalue weighted by Gasteiger charge is -2.08. The molecule has 0 aliphatic carbocycles. The van der Waals surface area contributed by atoms with Crippen molar-refractivity contribution >= 4 is 17.6 Å². The Morgan fingerprint density at radius 2 is 2.27 bits per heavy atom. The number of thioether (sulfide) groups is 1. The fourth-order valence-corrected chi connectivity index (χ4v) is 1.97. The van der Waals surface area contributed by atoms with Crippen molar-refractivity contribution in [2.75, 3.05) is 24.7 Å². The van der Waals surface area contributed by atoms with Gasteiger partial charge in [0, 0.05) is 25.5 Å². The lowest BCUT2D eigenvalue weighted by Crippen LogP contribution is -2.04. The fraction of sp³-hybridized carbons (Fsp3) is 0.600. The molecule has 0 radical (unpaired) electrons. The van der Waals surface area contributed by atoms with Crippen LogP contribution in [0.4, 0.5) is 5.82 Å². The van der Waals surface area contributed by atoms with Crippen LogP contribution in [0.25, 0.3) is 0 Å². The van der Waals surface area contributed by atoms with Gasteiger partial charge < -0.3 is 10.4 Å². The maximum Gasteiger partial charge on any atom is 0.130 e. The average molecular weight is 227 g/mol. The summed E-state index contributed by atoms with van der Waals surface area (Å²) < 4.78 is 0. The second-order valence-electron chi connectivity index (χ2n) is 3.49. The number of aromatic nitrogens is 2. The minimum absolute atomic E-state index is 0.218. The topological polar surface area (TPSA) is 58.0 Å². The van der Waals surface area contributed by atoms with Gasteiger partial charge in [-0.1, -0.05) is 6.92 Å². The molecule has 1 heterocycles. The van der Waals surface area contributed by atoms with E-state index in [1.165, 1.54) is 0 Å². The van der Waals surface area contributed by atoms with Crippen LogP contribution >= 0.6 is 11.8 Å². The SMILES string of the molecule is CNc1cc(SCC(C)CO)nc(C)n1. The van der Waals surface area contributed by atoms with E-state index in [1.807, 2.05) is 27.0 Å². The Kier molecular flexibility index (Phi) is 4.84. The van der Waals surface area contributed by atoms with Crippen molar-refractivity contribution in [1.29, 1.82) is 0 Å². The lowest BCUT2D eigenvalue weighted by atomic mass is 10.2. The number of nitrogens with one attached hydrogen (secondary N) is 1. The van der Waals surface area contributed by atoms with E-state index >= 15 is 0 Å². The Hall–Kier alpha value is -0.810. The van der Waals surface area contributed by atoms with Gasteiger partial charge >= 0.3 is 0 Å². The molecule has 0 saturated heterocycles. The highest BCUT2D eigenvalue weighted by atomic mass is 32.2. The van der Waals surface area contributed by atoms with E-state index in [4.69, 9.17) is 5.11 Å². The summed E-state index contributed by atoms with van der Waals surface area (Å²) in [6.45, 7) is 4.11. The molecule has 1 rings (SSSR count). The monoisotopic (exact) mass is 227 g/mol. The number of hydrogen-bond donors (Lipinski definition) is 2. The van der Waals surface area contributed by atoms with Gasteiger partial charge in [0.15, 0.2) is 0 Å². The van der Waals surface area contributed by atoms with Crippen molar-refractivity contribution in [3.8, 4) is 0 Å². The van der Waals surface area contributed by atoms with Crippen LogP contribution in [-0.2, 0) is 0 Å². The molecule has 0 bridgehead atoms. The molecule has 84 valence electrons. The van der Waals surface area contributed by atoms with E-state index in [2.05, 4.69) is 15.3 Å². The number of aliphatic hydroxyl groups is 1. The van der Waals surface area contributed by atoms with Crippen LogP contribution in [-0.4, -0.2) is 34.5 Å². The van der Waals surface area contributed by atoms with Crippen molar-refractivity contribution in [1.82, 2.24) is 9.97 Å². The second-order valence-corrected chi connectivity index (χ2v) is 4.53. The molecule has 0 saturated carbocycles. The Morgan fingerprint density at radius 1 is 1.53 bits per heavy atom. The molecule has 0 aromatic carbocycles. The molecule has 2 N–H and O–H groups in total. The summed E-state index contributed by atoms with van der Waals surface area (Å²) in [6.07, 6.45) is 0. The van der Waals surface area contributed by atoms with Gasteiger partial charge in [0.05, 0.1) is 0 Å². The molecule has 1 aromatic rings. The van der Waals surface area contributed by atoms with Crippen molar-refractivity contribution in [2.45, 2.75) is 18.9 Å². The van der Waals surface area contributed by atoms with Crippen LogP contribution in [0.15, 0.2) is 11.1 Å². The zero-order valence-electron chi connectivity index (χ0n) is 9.32. The number of nitrogens with zero attached hydrogens (tertiary/aromatic N) is 2. The van der Waals surface area contributed by atoms with Crippen LogP contribution in [0.5, 0.6) is 0 Å². The molecule has 1 atom stereocenters. The highest BCUT2D eigenvalue weighted by molar-refractivity contribution is 7.99. The molecule has 1 unspecified atom stereocenters. The maximum absolute atomic E-state index is 8.91. The molecule has 15 heavy (non-hydrogen) atoms. The lowest BCUT2D eigenvalue weighted by molar-refractivity contribution is 0.250. The van der Waals surface area contributed by atoms with Crippen LogP contribution < -0.4 is 5.32 Å². The Balaban J connectivity index is 2.64. The molecular weight excluding hydrogens is 210 g/mol. The third kappa shape index (κ3) is 4.05. The Morgan fingerprint density at radius 3 is 2.87 bits per heavy atom. The summed E-state index contributed by atoms with van der Waals surface area (Å²) in [5.74, 6) is 2.77. The Bertz CT molecular complexity index is 320. The molecule has 5 heteroatoms. The number of anilines is 1. The summed E-state index contributed by atoms with van der Waals surface area (Å²) >= 11 is 1.65. The van der Waals surface area contributed by atoms with Gasteiger partial charge in [-0.3, -0.25) is 0 Å². The first kappa shape index (κ1) is 12.3. The normalized spacial score (nSPS) is 12.5. The molecule has 0 aliphatic rings. The third-order valence-corrected chi connectivity index (χ3v) is 3.14. The summed E-state index contributed by atoms with van der Waals surface area (Å²) in [5, 5.41) is 12.9. The van der Waals surface area contributed by atoms with E-state index in [0.717, 1.165) is 22.4 Å². The molecule has 0 aliphatic heterocycles. The number of rotatable bonds is 5. The Labute approximate surface area is 94.5 Å². The van der Waals surface area contributed by atoms with Gasteiger partial charge in [-0.25, -0.2) is 9.97 Å². The number of hydrogen-bond acceptors (Lipinski definition) is 5. The summed E-state index contributed by atoms with van der Waals surface area (Å²) in [5.41, 5.74) is 0. The summed E-state index contributed by atoms with van der Waals surface area (Å²) in [6, 6.07) is 1.92. The second kappa shape index (κ2) is 5.92. The van der Waals surface area contributed by atoms with Gasteiger partial charge in [-0.15, -0.1) is 11.8 Å². The van der Waals surface area contributed by atoms with E-state index in [1.54, 1.807) is 11.8 Å². The van der Waals surface area contributed by atoms with Gasteiger partial charge in [-0.2, -0.15) is 0 Å². The summed E-state index contributed by atoms with van der Waals surface area (Å²) in [4.78, 5) is 8.53. The predicted molar refractivity (Wildman–Crippen MR) is 63.3 cm³/mol. The third-order valence-electron chi connectivity index (χ3n) is 1.90. The smallest absolute Gasteiger partial charge is 0.130 e. The van der Waals surface area contributed by atoms with Gasteiger partial charge in [0.2, 0.25) is 0 Å². The first-order valence-electron chi connectivity index (χ1n) is 4.92. The quantitative estimate of drug-likeness (QED) is 0.590. The van der Waals surface area contributed by atoms with Gasteiger partial charge in [0.1, 0.15) is 16.7 Å². The minimum atomic E-state index is 0.218. The highest BCUT2D eigenvalue weighted by Crippen LogP contribution is 2.20. The fourth-order valence-electron chi connectivity index (χ4n) is 1.02. The van der Waals surface area contributed by atoms with Crippen molar-refractivity contribution in [3.63, 3.8) is 0 Å². The molecule has 4 nitrogen and oxygen atoms in total. The predicted octanol–water partition coefficient (Wildman–Crippen LogP) is 1.55. The summed E-state index contributed by atoms with van der Waals surface area (Å²) in [7, 11) is 1.84. The number of aliphatic hydroxyl groups excluding tert-OH is 1. The first-order valence-corrected chi connectivity index (χ1v) is 5.91. The van der Waals surface area contributed by atoms with E-state index in [0.29, 0.717) is 5.92 Å². The van der Waals surface area contributed by atoms with Gasteiger partial charge in [0.25, 0.3) is 0 Å².